The maximum atomic E-state index is 5.58. The van der Waals surface area contributed by atoms with Gasteiger partial charge in [0.1, 0.15) is 0 Å². The van der Waals surface area contributed by atoms with Gasteiger partial charge in [-0.05, 0) is 24.5 Å². The second-order valence-corrected chi connectivity index (χ2v) is 5.33. The molecule has 0 aliphatic heterocycles. The molecule has 1 aromatic carbocycles. The summed E-state index contributed by atoms with van der Waals surface area (Å²) >= 11 is 1.86. The number of hydrogen-bond acceptors (Lipinski definition) is 3. The van der Waals surface area contributed by atoms with E-state index in [9.17, 15) is 0 Å². The zero-order valence-electron chi connectivity index (χ0n) is 10.1. The van der Waals surface area contributed by atoms with Gasteiger partial charge in [-0.1, -0.05) is 38.5 Å². The fourth-order valence-corrected chi connectivity index (χ4v) is 2.53. The van der Waals surface area contributed by atoms with E-state index in [0.717, 1.165) is 18.1 Å². The molecule has 90 valence electrons. The van der Waals surface area contributed by atoms with Crippen LogP contribution in [0.4, 0.5) is 0 Å². The lowest BCUT2D eigenvalue weighted by molar-refractivity contribution is 0.423. The van der Waals surface area contributed by atoms with Crippen molar-refractivity contribution in [2.45, 2.75) is 37.6 Å². The quantitative estimate of drug-likeness (QED) is 0.435. The van der Waals surface area contributed by atoms with E-state index in [-0.39, 0.29) is 0 Å². The van der Waals surface area contributed by atoms with E-state index in [0.29, 0.717) is 6.04 Å². The fourth-order valence-electron chi connectivity index (χ4n) is 1.55. The van der Waals surface area contributed by atoms with E-state index in [2.05, 4.69) is 43.5 Å². The van der Waals surface area contributed by atoms with Crippen molar-refractivity contribution in [3.8, 4) is 0 Å². The zero-order valence-corrected chi connectivity index (χ0v) is 11.0. The van der Waals surface area contributed by atoms with Crippen molar-refractivity contribution in [2.24, 2.45) is 11.8 Å². The summed E-state index contributed by atoms with van der Waals surface area (Å²) in [4.78, 5) is 1.31. The Balaban J connectivity index is 2.34. The number of rotatable bonds is 7. The molecule has 3 N–H and O–H groups in total. The fraction of sp³-hybridized carbons (Fsp3) is 0.538. The van der Waals surface area contributed by atoms with E-state index < -0.39 is 0 Å². The molecule has 2 unspecified atom stereocenters. The molecule has 0 radical (unpaired) electrons. The van der Waals surface area contributed by atoms with Crippen LogP contribution in [0, 0.1) is 5.92 Å². The smallest absolute Gasteiger partial charge is 0.0307 e. The third kappa shape index (κ3) is 5.01. The number of hydrogen-bond donors (Lipinski definition) is 2. The molecule has 0 amide bonds. The topological polar surface area (TPSA) is 38.0 Å². The largest absolute Gasteiger partial charge is 0.271 e. The summed E-state index contributed by atoms with van der Waals surface area (Å²) in [5.41, 5.74) is 2.92. The van der Waals surface area contributed by atoms with Gasteiger partial charge in [-0.2, -0.15) is 0 Å². The van der Waals surface area contributed by atoms with Gasteiger partial charge in [0, 0.05) is 16.7 Å². The van der Waals surface area contributed by atoms with E-state index >= 15 is 0 Å². The first-order chi connectivity index (χ1) is 7.76. The van der Waals surface area contributed by atoms with Crippen molar-refractivity contribution in [3.63, 3.8) is 0 Å². The van der Waals surface area contributed by atoms with E-state index in [4.69, 9.17) is 5.84 Å². The average molecular weight is 238 g/mol. The molecular formula is C13H22N2S. The molecular weight excluding hydrogens is 216 g/mol. The Bertz CT molecular complexity index is 277. The first-order valence-corrected chi connectivity index (χ1v) is 6.88. The number of nitrogens with two attached hydrogens (primary N) is 1. The predicted molar refractivity (Wildman–Crippen MR) is 72.3 cm³/mol. The van der Waals surface area contributed by atoms with Crippen LogP contribution in [0.15, 0.2) is 35.2 Å². The zero-order chi connectivity index (χ0) is 11.8. The molecule has 0 aromatic heterocycles. The van der Waals surface area contributed by atoms with Crippen LogP contribution in [-0.4, -0.2) is 11.8 Å². The van der Waals surface area contributed by atoms with Crippen molar-refractivity contribution in [2.75, 3.05) is 5.75 Å². The van der Waals surface area contributed by atoms with E-state index in [1.54, 1.807) is 0 Å². The van der Waals surface area contributed by atoms with Crippen LogP contribution < -0.4 is 11.3 Å². The molecule has 1 rings (SSSR count). The van der Waals surface area contributed by atoms with Crippen molar-refractivity contribution in [1.82, 2.24) is 5.43 Å². The first kappa shape index (κ1) is 13.6. The van der Waals surface area contributed by atoms with Gasteiger partial charge in [0.15, 0.2) is 0 Å². The Labute approximate surface area is 103 Å². The van der Waals surface area contributed by atoms with E-state index in [1.165, 1.54) is 11.3 Å². The Hall–Kier alpha value is -0.510. The van der Waals surface area contributed by atoms with Gasteiger partial charge in [0.25, 0.3) is 0 Å². The second-order valence-electron chi connectivity index (χ2n) is 4.24. The Morgan fingerprint density at radius 3 is 2.56 bits per heavy atom. The Morgan fingerprint density at radius 2 is 2.00 bits per heavy atom. The molecule has 0 heterocycles. The minimum atomic E-state index is 0.403. The molecule has 2 atom stereocenters. The van der Waals surface area contributed by atoms with Crippen LogP contribution in [-0.2, 0) is 0 Å². The molecule has 0 aliphatic carbocycles. The van der Waals surface area contributed by atoms with Gasteiger partial charge >= 0.3 is 0 Å². The van der Waals surface area contributed by atoms with E-state index in [1.807, 2.05) is 17.8 Å². The third-order valence-corrected chi connectivity index (χ3v) is 3.99. The lowest BCUT2D eigenvalue weighted by Gasteiger charge is -2.18. The minimum absolute atomic E-state index is 0.403. The molecule has 1 aromatic rings. The summed E-state index contributed by atoms with van der Waals surface area (Å²) in [7, 11) is 0. The number of nitrogens with one attached hydrogen (secondary N) is 1. The molecule has 0 spiro atoms. The molecule has 2 nitrogen and oxygen atoms in total. The number of benzene rings is 1. The van der Waals surface area contributed by atoms with Crippen molar-refractivity contribution in [3.05, 3.63) is 30.3 Å². The average Bonchev–Trinajstić information content (AvgIpc) is 2.35. The number of hydrazine groups is 1. The van der Waals surface area contributed by atoms with Crippen LogP contribution in [0.5, 0.6) is 0 Å². The van der Waals surface area contributed by atoms with Gasteiger partial charge < -0.3 is 0 Å². The molecule has 0 fully saturated rings. The van der Waals surface area contributed by atoms with Crippen molar-refractivity contribution >= 4 is 11.8 Å². The highest BCUT2D eigenvalue weighted by molar-refractivity contribution is 7.99. The molecule has 0 aliphatic rings. The summed E-state index contributed by atoms with van der Waals surface area (Å²) in [5, 5.41) is 0. The predicted octanol–water partition coefficient (Wildman–Crippen LogP) is 3.05. The summed E-state index contributed by atoms with van der Waals surface area (Å²) in [6.07, 6.45) is 2.36. The molecule has 16 heavy (non-hydrogen) atoms. The monoisotopic (exact) mass is 238 g/mol. The molecule has 0 saturated carbocycles. The van der Waals surface area contributed by atoms with Gasteiger partial charge in [-0.3, -0.25) is 11.3 Å². The molecule has 0 saturated heterocycles. The van der Waals surface area contributed by atoms with Gasteiger partial charge in [-0.25, -0.2) is 0 Å². The maximum absolute atomic E-state index is 5.58. The van der Waals surface area contributed by atoms with Crippen LogP contribution >= 0.6 is 11.8 Å². The molecule has 3 heteroatoms. The first-order valence-electron chi connectivity index (χ1n) is 5.90. The van der Waals surface area contributed by atoms with Gasteiger partial charge in [0.05, 0.1) is 0 Å². The van der Waals surface area contributed by atoms with Crippen LogP contribution in [0.25, 0.3) is 0 Å². The Morgan fingerprint density at radius 1 is 1.31 bits per heavy atom. The van der Waals surface area contributed by atoms with Crippen LogP contribution in [0.3, 0.4) is 0 Å². The standard InChI is InChI=1S/C13H22N2S/c1-3-11(2)9-12(15-14)10-16-13-7-5-4-6-8-13/h4-8,11-12,15H,3,9-10,14H2,1-2H3. The summed E-state index contributed by atoms with van der Waals surface area (Å²) in [6.45, 7) is 4.50. The van der Waals surface area contributed by atoms with Crippen LogP contribution in [0.2, 0.25) is 0 Å². The third-order valence-electron chi connectivity index (χ3n) is 2.81. The number of thioether (sulfide) groups is 1. The summed E-state index contributed by atoms with van der Waals surface area (Å²) < 4.78 is 0. The SMILES string of the molecule is CCC(C)CC(CSc1ccccc1)NN. The second kappa shape index (κ2) is 7.71. The highest BCUT2D eigenvalue weighted by atomic mass is 32.2. The Kier molecular flexibility index (Phi) is 6.53. The van der Waals surface area contributed by atoms with Crippen molar-refractivity contribution < 1.29 is 0 Å². The summed E-state index contributed by atoms with van der Waals surface area (Å²) in [5.74, 6) is 7.34. The van der Waals surface area contributed by atoms with Gasteiger partial charge in [0.2, 0.25) is 0 Å². The normalized spacial score (nSPS) is 14.7. The highest BCUT2D eigenvalue weighted by Gasteiger charge is 2.10. The maximum Gasteiger partial charge on any atom is 0.0307 e. The molecule has 0 bridgehead atoms. The summed E-state index contributed by atoms with van der Waals surface area (Å²) in [6, 6.07) is 10.9. The lowest BCUT2D eigenvalue weighted by Crippen LogP contribution is -2.38. The minimum Gasteiger partial charge on any atom is -0.271 e. The van der Waals surface area contributed by atoms with Crippen LogP contribution in [0.1, 0.15) is 26.7 Å². The lowest BCUT2D eigenvalue weighted by atomic mass is 10.0. The highest BCUT2D eigenvalue weighted by Crippen LogP contribution is 2.20. The van der Waals surface area contributed by atoms with Crippen molar-refractivity contribution in [1.29, 1.82) is 0 Å². The van der Waals surface area contributed by atoms with Gasteiger partial charge in [-0.15, -0.1) is 11.8 Å².